The number of aromatic nitrogens is 1. The number of alkyl halides is 3. The van der Waals surface area contributed by atoms with E-state index in [4.69, 9.17) is 10.00 Å². The quantitative estimate of drug-likeness (QED) is 0.861. The Morgan fingerprint density at radius 1 is 1.40 bits per heavy atom. The zero-order valence-corrected chi connectivity index (χ0v) is 11.0. The van der Waals surface area contributed by atoms with Gasteiger partial charge < -0.3 is 10.1 Å². The minimum Gasteiger partial charge on any atom is -0.407 e. The summed E-state index contributed by atoms with van der Waals surface area (Å²) in [7, 11) is 0. The van der Waals surface area contributed by atoms with Gasteiger partial charge in [0.05, 0.1) is 5.56 Å². The van der Waals surface area contributed by atoms with E-state index in [0.717, 1.165) is 0 Å². The smallest absolute Gasteiger partial charge is 0.407 e. The number of carbonyl (C=O) groups is 1. The lowest BCUT2D eigenvalue weighted by molar-refractivity contribution is -0.137. The van der Waals surface area contributed by atoms with Crippen LogP contribution in [0.5, 0.6) is 5.75 Å². The van der Waals surface area contributed by atoms with Gasteiger partial charge in [0.2, 0.25) is 0 Å². The lowest BCUT2D eigenvalue weighted by Crippen LogP contribution is -2.42. The summed E-state index contributed by atoms with van der Waals surface area (Å²) in [5, 5.41) is 11.1. The average Bonchev–Trinajstić information content (AvgIpc) is 2.24. The van der Waals surface area contributed by atoms with Gasteiger partial charge >= 0.3 is 12.3 Å². The molecule has 1 N–H and O–H groups in total. The first-order chi connectivity index (χ1) is 9.03. The Morgan fingerprint density at radius 2 is 2.00 bits per heavy atom. The fourth-order valence-electron chi connectivity index (χ4n) is 1.19. The number of nitrogens with one attached hydrogen (secondary N) is 1. The zero-order chi connectivity index (χ0) is 15.6. The number of nitriles is 1. The molecule has 0 unspecified atom stereocenters. The van der Waals surface area contributed by atoms with Crippen molar-refractivity contribution >= 4 is 6.09 Å². The van der Waals surface area contributed by atoms with Crippen LogP contribution in [0.25, 0.3) is 0 Å². The fraction of sp³-hybridized carbons (Fsp3) is 0.417. The van der Waals surface area contributed by atoms with E-state index in [2.05, 4.69) is 10.3 Å². The predicted molar refractivity (Wildman–Crippen MR) is 62.9 cm³/mol. The topological polar surface area (TPSA) is 75.0 Å². The molecule has 0 aliphatic rings. The number of carbonyl (C=O) groups excluding carboxylic acids is 1. The highest BCUT2D eigenvalue weighted by Crippen LogP contribution is 2.31. The van der Waals surface area contributed by atoms with Gasteiger partial charge in [0.1, 0.15) is 6.07 Å². The van der Waals surface area contributed by atoms with Gasteiger partial charge in [-0.15, -0.1) is 0 Å². The zero-order valence-electron chi connectivity index (χ0n) is 11.0. The van der Waals surface area contributed by atoms with Crippen molar-refractivity contribution in [2.75, 3.05) is 0 Å². The normalized spacial score (nSPS) is 11.7. The molecule has 0 atom stereocenters. The van der Waals surface area contributed by atoms with Crippen molar-refractivity contribution in [2.24, 2.45) is 0 Å². The number of nitrogens with zero attached hydrogens (tertiary/aromatic N) is 2. The molecule has 1 rings (SSSR count). The van der Waals surface area contributed by atoms with E-state index in [1.54, 1.807) is 26.8 Å². The number of rotatable bonds is 1. The molecule has 0 saturated heterocycles. The third-order valence-electron chi connectivity index (χ3n) is 1.97. The molecule has 1 heterocycles. The van der Waals surface area contributed by atoms with Gasteiger partial charge in [0, 0.05) is 11.7 Å². The Hall–Kier alpha value is -2.30. The predicted octanol–water partition coefficient (Wildman–Crippen LogP) is 2.86. The molecule has 8 heteroatoms. The third kappa shape index (κ3) is 4.42. The molecule has 5 nitrogen and oxygen atoms in total. The lowest BCUT2D eigenvalue weighted by atomic mass is 10.1. The number of hydrogen-bond donors (Lipinski definition) is 1. The second-order valence-corrected chi connectivity index (χ2v) is 4.94. The van der Waals surface area contributed by atoms with Crippen LogP contribution in [-0.4, -0.2) is 16.6 Å². The summed E-state index contributed by atoms with van der Waals surface area (Å²) in [4.78, 5) is 14.8. The Kier molecular flexibility index (Phi) is 4.23. The van der Waals surface area contributed by atoms with E-state index in [1.165, 1.54) is 0 Å². The van der Waals surface area contributed by atoms with Crippen LogP contribution in [0.2, 0.25) is 0 Å². The Labute approximate surface area is 113 Å². The standard InChI is InChI=1S/C12H12F3N3O2/c1-11(2,3)18-10(19)20-9-4-7(12(13,14)15)6-17-8(9)5-16/h4,6H,1-3H3,(H,18,19). The molecule has 1 amide bonds. The number of amides is 1. The van der Waals surface area contributed by atoms with Crippen LogP contribution < -0.4 is 10.1 Å². The highest BCUT2D eigenvalue weighted by Gasteiger charge is 2.32. The molecule has 0 aromatic carbocycles. The number of hydrogen-bond acceptors (Lipinski definition) is 4. The molecule has 0 bridgehead atoms. The van der Waals surface area contributed by atoms with Crippen molar-refractivity contribution in [3.63, 3.8) is 0 Å². The van der Waals surface area contributed by atoms with Crippen molar-refractivity contribution in [2.45, 2.75) is 32.5 Å². The van der Waals surface area contributed by atoms with Crippen molar-refractivity contribution < 1.29 is 22.7 Å². The van der Waals surface area contributed by atoms with Gasteiger partial charge in [-0.05, 0) is 26.8 Å². The summed E-state index contributed by atoms with van der Waals surface area (Å²) in [6.07, 6.45) is -5.10. The molecule has 0 radical (unpaired) electrons. The first-order valence-electron chi connectivity index (χ1n) is 5.50. The molecule has 0 aliphatic heterocycles. The van der Waals surface area contributed by atoms with Crippen LogP contribution in [0, 0.1) is 11.3 Å². The molecule has 1 aromatic heterocycles. The SMILES string of the molecule is CC(C)(C)NC(=O)Oc1cc(C(F)(F)F)cnc1C#N. The van der Waals surface area contributed by atoms with Gasteiger partial charge in [0.15, 0.2) is 11.4 Å². The number of ether oxygens (including phenoxy) is 1. The van der Waals surface area contributed by atoms with Crippen LogP contribution in [0.3, 0.4) is 0 Å². The van der Waals surface area contributed by atoms with Crippen LogP contribution >= 0.6 is 0 Å². The maximum absolute atomic E-state index is 12.5. The lowest BCUT2D eigenvalue weighted by Gasteiger charge is -2.20. The Bertz CT molecular complexity index is 557. The summed E-state index contributed by atoms with van der Waals surface area (Å²) in [6, 6.07) is 2.12. The molecule has 1 aromatic rings. The fourth-order valence-corrected chi connectivity index (χ4v) is 1.19. The molecule has 0 saturated carbocycles. The average molecular weight is 287 g/mol. The molecule has 108 valence electrons. The summed E-state index contributed by atoms with van der Waals surface area (Å²) >= 11 is 0. The van der Waals surface area contributed by atoms with E-state index >= 15 is 0 Å². The molecule has 0 spiro atoms. The van der Waals surface area contributed by atoms with Gasteiger partial charge in [-0.2, -0.15) is 18.4 Å². The van der Waals surface area contributed by atoms with E-state index in [-0.39, 0.29) is 0 Å². The highest BCUT2D eigenvalue weighted by molar-refractivity contribution is 5.71. The third-order valence-corrected chi connectivity index (χ3v) is 1.97. The second-order valence-electron chi connectivity index (χ2n) is 4.94. The van der Waals surface area contributed by atoms with Crippen LogP contribution in [0.1, 0.15) is 32.0 Å². The van der Waals surface area contributed by atoms with Gasteiger partial charge in [-0.3, -0.25) is 0 Å². The molecular weight excluding hydrogens is 275 g/mol. The summed E-state index contributed by atoms with van der Waals surface area (Å²) in [5.41, 5.74) is -2.13. The largest absolute Gasteiger partial charge is 0.418 e. The van der Waals surface area contributed by atoms with E-state index < -0.39 is 34.8 Å². The van der Waals surface area contributed by atoms with Crippen molar-refractivity contribution in [1.82, 2.24) is 10.3 Å². The molecule has 0 fully saturated rings. The summed E-state index contributed by atoms with van der Waals surface area (Å²) in [6.45, 7) is 5.01. The summed E-state index contributed by atoms with van der Waals surface area (Å²) < 4.78 is 42.3. The van der Waals surface area contributed by atoms with Crippen LogP contribution in [0.4, 0.5) is 18.0 Å². The maximum atomic E-state index is 12.5. The number of halogens is 3. The van der Waals surface area contributed by atoms with E-state index in [0.29, 0.717) is 12.3 Å². The minimum atomic E-state index is -4.64. The van der Waals surface area contributed by atoms with Crippen molar-refractivity contribution in [1.29, 1.82) is 5.26 Å². The Morgan fingerprint density at radius 3 is 2.45 bits per heavy atom. The monoisotopic (exact) mass is 287 g/mol. The Balaban J connectivity index is 3.04. The van der Waals surface area contributed by atoms with Crippen molar-refractivity contribution in [3.05, 3.63) is 23.5 Å². The van der Waals surface area contributed by atoms with Crippen molar-refractivity contribution in [3.8, 4) is 11.8 Å². The molecule has 20 heavy (non-hydrogen) atoms. The minimum absolute atomic E-state index is 0.401. The highest BCUT2D eigenvalue weighted by atomic mass is 19.4. The van der Waals surface area contributed by atoms with Gasteiger partial charge in [-0.1, -0.05) is 0 Å². The van der Waals surface area contributed by atoms with E-state index in [9.17, 15) is 18.0 Å². The van der Waals surface area contributed by atoms with E-state index in [1.807, 2.05) is 0 Å². The van der Waals surface area contributed by atoms with Crippen LogP contribution in [-0.2, 0) is 6.18 Å². The molecular formula is C12H12F3N3O2. The first kappa shape index (κ1) is 15.8. The maximum Gasteiger partial charge on any atom is 0.418 e. The van der Waals surface area contributed by atoms with Gasteiger partial charge in [0.25, 0.3) is 0 Å². The second kappa shape index (κ2) is 5.36. The molecule has 0 aliphatic carbocycles. The summed E-state index contributed by atoms with van der Waals surface area (Å²) in [5.74, 6) is -0.538. The first-order valence-corrected chi connectivity index (χ1v) is 5.50. The van der Waals surface area contributed by atoms with Gasteiger partial charge in [-0.25, -0.2) is 9.78 Å². The van der Waals surface area contributed by atoms with Crippen LogP contribution in [0.15, 0.2) is 12.3 Å². The number of pyridine rings is 1.